The third-order valence-electron chi connectivity index (χ3n) is 3.08. The highest BCUT2D eigenvalue weighted by molar-refractivity contribution is 7.98. The molecule has 0 atom stereocenters. The molecule has 0 aliphatic rings. The van der Waals surface area contributed by atoms with Crippen LogP contribution >= 0.6 is 11.8 Å². The second-order valence-corrected chi connectivity index (χ2v) is 7.50. The summed E-state index contributed by atoms with van der Waals surface area (Å²) < 4.78 is 27.0. The van der Waals surface area contributed by atoms with Gasteiger partial charge in [-0.2, -0.15) is 16.9 Å². The number of unbranched alkanes of at least 4 members (excludes halogenated alkanes) is 3. The van der Waals surface area contributed by atoms with E-state index in [0.717, 1.165) is 25.8 Å². The Kier molecular flexibility index (Phi) is 8.98. The molecule has 0 aliphatic carbocycles. The van der Waals surface area contributed by atoms with Gasteiger partial charge in [0.25, 0.3) is 10.0 Å². The summed E-state index contributed by atoms with van der Waals surface area (Å²) in [6.45, 7) is 3.73. The van der Waals surface area contributed by atoms with Crippen LogP contribution in [0.4, 0.5) is 0 Å². The largest absolute Gasteiger partial charge is 0.313 e. The lowest BCUT2D eigenvalue weighted by molar-refractivity contribution is 0.567. The summed E-state index contributed by atoms with van der Waals surface area (Å²) in [6, 6.07) is 0. The number of hydrogen-bond donors (Lipinski definition) is 3. The van der Waals surface area contributed by atoms with Gasteiger partial charge < -0.3 is 5.32 Å². The minimum atomic E-state index is -3.49. The Morgan fingerprint density at radius 2 is 2.05 bits per heavy atom. The van der Waals surface area contributed by atoms with E-state index in [-0.39, 0.29) is 5.03 Å². The Balaban J connectivity index is 2.38. The standard InChI is InChI=1S/C13H26N4O2S2/c1-3-14-10-12-11-15-17-13(12)21(18,19)16-8-6-4-5-7-9-20-2/h11,14,16H,3-10H2,1-2H3,(H,15,17). The number of thioether (sulfide) groups is 1. The van der Waals surface area contributed by atoms with Crippen LogP contribution in [0.5, 0.6) is 0 Å². The fourth-order valence-electron chi connectivity index (χ4n) is 1.92. The van der Waals surface area contributed by atoms with E-state index >= 15 is 0 Å². The maximum absolute atomic E-state index is 12.2. The third-order valence-corrected chi connectivity index (χ3v) is 5.25. The Hall–Kier alpha value is -0.570. The highest BCUT2D eigenvalue weighted by atomic mass is 32.2. The maximum Gasteiger partial charge on any atom is 0.257 e. The van der Waals surface area contributed by atoms with Gasteiger partial charge in [0.1, 0.15) is 0 Å². The molecule has 21 heavy (non-hydrogen) atoms. The minimum absolute atomic E-state index is 0.172. The van der Waals surface area contributed by atoms with Crippen LogP contribution < -0.4 is 10.0 Å². The van der Waals surface area contributed by atoms with Crippen molar-refractivity contribution < 1.29 is 8.42 Å². The Morgan fingerprint density at radius 1 is 1.29 bits per heavy atom. The number of nitrogens with zero attached hydrogens (tertiary/aromatic N) is 1. The average molecular weight is 335 g/mol. The van der Waals surface area contributed by atoms with E-state index in [0.29, 0.717) is 18.7 Å². The van der Waals surface area contributed by atoms with E-state index in [2.05, 4.69) is 26.5 Å². The van der Waals surface area contributed by atoms with E-state index in [1.54, 1.807) is 6.20 Å². The van der Waals surface area contributed by atoms with E-state index in [4.69, 9.17) is 0 Å². The molecule has 0 saturated carbocycles. The highest BCUT2D eigenvalue weighted by Crippen LogP contribution is 2.11. The molecule has 0 aromatic carbocycles. The molecule has 0 spiro atoms. The van der Waals surface area contributed by atoms with Crippen LogP contribution in [0.1, 0.15) is 38.2 Å². The average Bonchev–Trinajstić information content (AvgIpc) is 2.93. The van der Waals surface area contributed by atoms with Gasteiger partial charge in [0, 0.05) is 18.7 Å². The second kappa shape index (κ2) is 10.2. The van der Waals surface area contributed by atoms with Crippen molar-refractivity contribution >= 4 is 21.8 Å². The predicted molar refractivity (Wildman–Crippen MR) is 88.0 cm³/mol. The minimum Gasteiger partial charge on any atom is -0.313 e. The summed E-state index contributed by atoms with van der Waals surface area (Å²) in [5.74, 6) is 1.17. The first kappa shape index (κ1) is 18.5. The van der Waals surface area contributed by atoms with Crippen molar-refractivity contribution in [2.45, 2.75) is 44.2 Å². The molecule has 0 fully saturated rings. The molecule has 0 saturated heterocycles. The van der Waals surface area contributed by atoms with Gasteiger partial charge in [0.2, 0.25) is 0 Å². The molecular weight excluding hydrogens is 308 g/mol. The van der Waals surface area contributed by atoms with Crippen LogP contribution in [0.25, 0.3) is 0 Å². The first-order valence-electron chi connectivity index (χ1n) is 7.33. The Labute approximate surface area is 131 Å². The van der Waals surface area contributed by atoms with Gasteiger partial charge >= 0.3 is 0 Å². The van der Waals surface area contributed by atoms with E-state index < -0.39 is 10.0 Å². The van der Waals surface area contributed by atoms with Crippen LogP contribution in [0.15, 0.2) is 11.2 Å². The van der Waals surface area contributed by atoms with E-state index in [1.165, 1.54) is 12.2 Å². The quantitative estimate of drug-likeness (QED) is 0.507. The van der Waals surface area contributed by atoms with Crippen LogP contribution in [-0.2, 0) is 16.6 Å². The van der Waals surface area contributed by atoms with Crippen molar-refractivity contribution in [3.63, 3.8) is 0 Å². The first-order valence-corrected chi connectivity index (χ1v) is 10.2. The molecule has 8 heteroatoms. The Bertz CT molecular complexity index is 488. The lowest BCUT2D eigenvalue weighted by Gasteiger charge is -2.07. The lowest BCUT2D eigenvalue weighted by Crippen LogP contribution is -2.27. The molecule has 0 amide bonds. The molecule has 6 nitrogen and oxygen atoms in total. The van der Waals surface area contributed by atoms with E-state index in [1.807, 2.05) is 18.7 Å². The fourth-order valence-corrected chi connectivity index (χ4v) is 3.61. The monoisotopic (exact) mass is 334 g/mol. The SMILES string of the molecule is CCNCc1cn[nH]c1S(=O)(=O)NCCCCCCSC. The molecule has 0 bridgehead atoms. The molecule has 0 unspecified atom stereocenters. The van der Waals surface area contributed by atoms with Gasteiger partial charge in [0.05, 0.1) is 6.20 Å². The first-order chi connectivity index (χ1) is 10.1. The molecular formula is C13H26N4O2S2. The molecule has 122 valence electrons. The van der Waals surface area contributed by atoms with Crippen molar-refractivity contribution in [1.82, 2.24) is 20.2 Å². The molecule has 0 aliphatic heterocycles. The van der Waals surface area contributed by atoms with Crippen LogP contribution in [0.2, 0.25) is 0 Å². The molecule has 1 heterocycles. The maximum atomic E-state index is 12.2. The normalized spacial score (nSPS) is 11.9. The summed E-state index contributed by atoms with van der Waals surface area (Å²) in [6.07, 6.45) is 7.92. The van der Waals surface area contributed by atoms with Crippen molar-refractivity contribution in [2.24, 2.45) is 0 Å². The number of hydrogen-bond acceptors (Lipinski definition) is 5. The van der Waals surface area contributed by atoms with Crippen LogP contribution in [0, 0.1) is 0 Å². The van der Waals surface area contributed by atoms with Crippen molar-refractivity contribution in [3.05, 3.63) is 11.8 Å². The van der Waals surface area contributed by atoms with Crippen molar-refractivity contribution in [2.75, 3.05) is 25.1 Å². The fraction of sp³-hybridized carbons (Fsp3) is 0.769. The summed E-state index contributed by atoms with van der Waals surface area (Å²) in [4.78, 5) is 0. The predicted octanol–water partition coefficient (Wildman–Crippen LogP) is 1.72. The summed E-state index contributed by atoms with van der Waals surface area (Å²) >= 11 is 1.85. The summed E-state index contributed by atoms with van der Waals surface area (Å²) in [7, 11) is -3.49. The summed E-state index contributed by atoms with van der Waals surface area (Å²) in [5.41, 5.74) is 0.671. The number of nitrogens with one attached hydrogen (secondary N) is 3. The number of H-pyrrole nitrogens is 1. The van der Waals surface area contributed by atoms with Gasteiger partial charge in [-0.05, 0) is 31.4 Å². The highest BCUT2D eigenvalue weighted by Gasteiger charge is 2.19. The number of sulfonamides is 1. The summed E-state index contributed by atoms with van der Waals surface area (Å²) in [5, 5.41) is 9.69. The number of aromatic nitrogens is 2. The topological polar surface area (TPSA) is 86.9 Å². The number of aromatic amines is 1. The smallest absolute Gasteiger partial charge is 0.257 e. The van der Waals surface area contributed by atoms with E-state index in [9.17, 15) is 8.42 Å². The molecule has 1 rings (SSSR count). The van der Waals surface area contributed by atoms with Crippen LogP contribution in [-0.4, -0.2) is 43.7 Å². The zero-order valence-corrected chi connectivity index (χ0v) is 14.4. The lowest BCUT2D eigenvalue weighted by atomic mass is 10.2. The zero-order chi connectivity index (χ0) is 15.6. The molecule has 1 aromatic rings. The Morgan fingerprint density at radius 3 is 2.76 bits per heavy atom. The van der Waals surface area contributed by atoms with Crippen LogP contribution in [0.3, 0.4) is 0 Å². The van der Waals surface area contributed by atoms with Gasteiger partial charge in [-0.1, -0.05) is 19.8 Å². The molecule has 3 N–H and O–H groups in total. The molecule has 0 radical (unpaired) electrons. The van der Waals surface area contributed by atoms with Gasteiger partial charge in [-0.3, -0.25) is 5.10 Å². The van der Waals surface area contributed by atoms with Crippen molar-refractivity contribution in [1.29, 1.82) is 0 Å². The van der Waals surface area contributed by atoms with Gasteiger partial charge in [0.15, 0.2) is 5.03 Å². The third kappa shape index (κ3) is 6.82. The van der Waals surface area contributed by atoms with Gasteiger partial charge in [-0.25, -0.2) is 13.1 Å². The molecule has 1 aromatic heterocycles. The van der Waals surface area contributed by atoms with Crippen molar-refractivity contribution in [3.8, 4) is 0 Å². The van der Waals surface area contributed by atoms with Gasteiger partial charge in [-0.15, -0.1) is 0 Å². The zero-order valence-electron chi connectivity index (χ0n) is 12.8. The second-order valence-electron chi connectivity index (χ2n) is 4.81. The number of rotatable bonds is 12.